The van der Waals surface area contributed by atoms with Gasteiger partial charge in [-0.2, -0.15) is 0 Å². The first-order chi connectivity index (χ1) is 12.8. The molecule has 0 spiro atoms. The predicted octanol–water partition coefficient (Wildman–Crippen LogP) is 3.95. The summed E-state index contributed by atoms with van der Waals surface area (Å²) in [4.78, 5) is 24.8. The van der Waals surface area contributed by atoms with E-state index in [9.17, 15) is 14.7 Å². The number of furan rings is 1. The second-order valence-electron chi connectivity index (χ2n) is 7.57. The highest BCUT2D eigenvalue weighted by Gasteiger charge is 2.29. The zero-order valence-electron chi connectivity index (χ0n) is 15.3. The molecule has 0 radical (unpaired) electrons. The molecule has 3 N–H and O–H groups in total. The molecule has 142 valence electrons. The number of amides is 2. The first-order valence-electron chi connectivity index (χ1n) is 9.09. The van der Waals surface area contributed by atoms with E-state index in [4.69, 9.17) is 4.42 Å². The highest BCUT2D eigenvalue weighted by atomic mass is 32.2. The molecular formula is C20H22N2O4S. The summed E-state index contributed by atoms with van der Waals surface area (Å²) in [7, 11) is 0. The molecule has 4 rings (SSSR count). The molecule has 0 fully saturated rings. The van der Waals surface area contributed by atoms with E-state index in [2.05, 4.69) is 16.1 Å². The van der Waals surface area contributed by atoms with E-state index < -0.39 is 11.6 Å². The lowest BCUT2D eigenvalue weighted by Gasteiger charge is -2.15. The van der Waals surface area contributed by atoms with Gasteiger partial charge in [0.25, 0.3) is 0 Å². The quantitative estimate of drug-likeness (QED) is 0.692. The Morgan fingerprint density at radius 3 is 2.74 bits per heavy atom. The number of nitrogens with one attached hydrogen (secondary N) is 2. The van der Waals surface area contributed by atoms with Crippen molar-refractivity contribution in [3.63, 3.8) is 0 Å². The van der Waals surface area contributed by atoms with E-state index >= 15 is 0 Å². The summed E-state index contributed by atoms with van der Waals surface area (Å²) in [5.41, 5.74) is 4.37. The topological polar surface area (TPSA) is 91.6 Å². The third-order valence-corrected chi connectivity index (χ3v) is 5.85. The Hall–Kier alpha value is -2.25. The SMILES string of the molecule is CC(C)(O)c1coc(SNC(=O)Nc2c3c(cc4c2C(=O)CC4)CCC3)c1. The van der Waals surface area contributed by atoms with Crippen molar-refractivity contribution >= 4 is 29.4 Å². The van der Waals surface area contributed by atoms with Crippen LogP contribution >= 0.6 is 11.9 Å². The Morgan fingerprint density at radius 2 is 2.00 bits per heavy atom. The molecule has 2 aliphatic rings. The standard InChI is InChI=1S/C20H22N2O4S/c1-20(2,25)13-9-16(26-10-13)27-22-19(24)21-18-14-5-3-4-11(14)8-12-6-7-15(23)17(12)18/h8-10,25H,3-7H2,1-2H3,(H2,21,22,24). The summed E-state index contributed by atoms with van der Waals surface area (Å²) < 4.78 is 8.05. The van der Waals surface area contributed by atoms with E-state index in [0.29, 0.717) is 28.3 Å². The number of aryl methyl sites for hydroxylation is 2. The number of hydrogen-bond acceptors (Lipinski definition) is 5. The molecule has 7 heteroatoms. The van der Waals surface area contributed by atoms with Crippen LogP contribution in [0, 0.1) is 0 Å². The van der Waals surface area contributed by atoms with E-state index in [-0.39, 0.29) is 5.78 Å². The van der Waals surface area contributed by atoms with Crippen molar-refractivity contribution in [2.75, 3.05) is 5.32 Å². The molecule has 1 heterocycles. The average molecular weight is 386 g/mol. The molecule has 0 saturated heterocycles. The lowest BCUT2D eigenvalue weighted by molar-refractivity contribution is 0.0779. The predicted molar refractivity (Wildman–Crippen MR) is 103 cm³/mol. The maximum atomic E-state index is 12.5. The van der Waals surface area contributed by atoms with Gasteiger partial charge < -0.3 is 14.8 Å². The van der Waals surface area contributed by atoms with Crippen molar-refractivity contribution in [2.24, 2.45) is 0 Å². The average Bonchev–Trinajstić information content (AvgIpc) is 3.32. The van der Waals surface area contributed by atoms with Crippen LogP contribution in [-0.2, 0) is 24.9 Å². The van der Waals surface area contributed by atoms with Gasteiger partial charge in [0.1, 0.15) is 0 Å². The van der Waals surface area contributed by atoms with Crippen molar-refractivity contribution in [2.45, 2.75) is 56.6 Å². The third kappa shape index (κ3) is 3.49. The Labute approximate surface area is 161 Å². The van der Waals surface area contributed by atoms with Crippen LogP contribution in [0.3, 0.4) is 0 Å². The molecule has 27 heavy (non-hydrogen) atoms. The summed E-state index contributed by atoms with van der Waals surface area (Å²) in [5, 5.41) is 13.3. The van der Waals surface area contributed by atoms with Crippen molar-refractivity contribution < 1.29 is 19.1 Å². The number of aliphatic hydroxyl groups is 1. The Balaban J connectivity index is 1.49. The molecule has 0 bridgehead atoms. The van der Waals surface area contributed by atoms with Gasteiger partial charge in [0.05, 0.1) is 17.6 Å². The second-order valence-corrected chi connectivity index (χ2v) is 8.38. The fourth-order valence-corrected chi connectivity index (χ4v) is 4.29. The van der Waals surface area contributed by atoms with Gasteiger partial charge in [-0.15, -0.1) is 0 Å². The fourth-order valence-electron chi connectivity index (χ4n) is 3.76. The van der Waals surface area contributed by atoms with Crippen LogP contribution < -0.4 is 10.0 Å². The Morgan fingerprint density at radius 1 is 1.19 bits per heavy atom. The number of carbonyl (C=O) groups excluding carboxylic acids is 2. The molecular weight excluding hydrogens is 364 g/mol. The van der Waals surface area contributed by atoms with Crippen LogP contribution in [0.1, 0.15) is 59.3 Å². The van der Waals surface area contributed by atoms with Crippen LogP contribution in [0.25, 0.3) is 0 Å². The van der Waals surface area contributed by atoms with E-state index in [0.717, 1.165) is 48.8 Å². The van der Waals surface area contributed by atoms with Crippen LogP contribution in [-0.4, -0.2) is 16.9 Å². The lowest BCUT2D eigenvalue weighted by Crippen LogP contribution is -2.24. The number of carbonyl (C=O) groups is 2. The molecule has 2 aliphatic carbocycles. The van der Waals surface area contributed by atoms with E-state index in [1.54, 1.807) is 19.9 Å². The van der Waals surface area contributed by atoms with Crippen LogP contribution in [0.2, 0.25) is 0 Å². The summed E-state index contributed by atoms with van der Waals surface area (Å²) in [6.07, 6.45) is 5.65. The van der Waals surface area contributed by atoms with Gasteiger partial charge in [-0.1, -0.05) is 6.07 Å². The normalized spacial score (nSPS) is 15.6. The minimum atomic E-state index is -1.00. The van der Waals surface area contributed by atoms with Gasteiger partial charge in [-0.05, 0) is 62.3 Å². The molecule has 0 unspecified atom stereocenters. The van der Waals surface area contributed by atoms with Crippen molar-refractivity contribution in [1.82, 2.24) is 4.72 Å². The number of benzene rings is 1. The Bertz CT molecular complexity index is 927. The zero-order chi connectivity index (χ0) is 19.2. The molecule has 0 saturated carbocycles. The number of Topliss-reactive ketones (excluding diaryl/α,β-unsaturated/α-hetero) is 1. The molecule has 2 amide bonds. The maximum absolute atomic E-state index is 12.5. The van der Waals surface area contributed by atoms with Gasteiger partial charge in [-0.3, -0.25) is 9.52 Å². The van der Waals surface area contributed by atoms with Crippen molar-refractivity contribution in [1.29, 1.82) is 0 Å². The number of rotatable bonds is 4. The van der Waals surface area contributed by atoms with Crippen LogP contribution in [0.5, 0.6) is 0 Å². The summed E-state index contributed by atoms with van der Waals surface area (Å²) >= 11 is 1.03. The zero-order valence-corrected chi connectivity index (χ0v) is 16.2. The molecule has 1 aromatic heterocycles. The van der Waals surface area contributed by atoms with E-state index in [1.807, 2.05) is 0 Å². The lowest BCUT2D eigenvalue weighted by atomic mass is 9.98. The highest BCUT2D eigenvalue weighted by molar-refractivity contribution is 7.97. The van der Waals surface area contributed by atoms with E-state index in [1.165, 1.54) is 11.8 Å². The van der Waals surface area contributed by atoms with Gasteiger partial charge >= 0.3 is 6.03 Å². The van der Waals surface area contributed by atoms with Gasteiger partial charge in [0.2, 0.25) is 0 Å². The van der Waals surface area contributed by atoms with Gasteiger partial charge in [-0.25, -0.2) is 4.79 Å². The number of hydrogen-bond donors (Lipinski definition) is 3. The fraction of sp³-hybridized carbons (Fsp3) is 0.400. The Kier molecular flexibility index (Phi) is 4.52. The molecule has 0 atom stereocenters. The first kappa shape index (κ1) is 18.1. The largest absolute Gasteiger partial charge is 0.456 e. The van der Waals surface area contributed by atoms with Crippen molar-refractivity contribution in [3.8, 4) is 0 Å². The third-order valence-electron chi connectivity index (χ3n) is 5.15. The summed E-state index contributed by atoms with van der Waals surface area (Å²) in [5.74, 6) is 0.100. The molecule has 2 aromatic rings. The highest BCUT2D eigenvalue weighted by Crippen LogP contribution is 2.38. The summed E-state index contributed by atoms with van der Waals surface area (Å²) in [6, 6.07) is 3.43. The molecule has 0 aliphatic heterocycles. The monoisotopic (exact) mass is 386 g/mol. The smallest absolute Gasteiger partial charge is 0.329 e. The minimum absolute atomic E-state index is 0.100. The molecule has 6 nitrogen and oxygen atoms in total. The number of anilines is 1. The second kappa shape index (κ2) is 6.73. The number of ketones is 1. The summed E-state index contributed by atoms with van der Waals surface area (Å²) in [6.45, 7) is 3.33. The van der Waals surface area contributed by atoms with Gasteiger partial charge in [0, 0.05) is 29.5 Å². The minimum Gasteiger partial charge on any atom is -0.456 e. The number of urea groups is 1. The van der Waals surface area contributed by atoms with Crippen molar-refractivity contribution in [3.05, 3.63) is 46.2 Å². The number of fused-ring (bicyclic) bond motifs is 2. The van der Waals surface area contributed by atoms with Gasteiger partial charge in [0.15, 0.2) is 10.9 Å². The maximum Gasteiger partial charge on any atom is 0.329 e. The van der Waals surface area contributed by atoms with Crippen LogP contribution in [0.4, 0.5) is 10.5 Å². The van der Waals surface area contributed by atoms with Crippen LogP contribution in [0.15, 0.2) is 27.9 Å². The molecule has 1 aromatic carbocycles. The first-order valence-corrected chi connectivity index (χ1v) is 9.90.